The summed E-state index contributed by atoms with van der Waals surface area (Å²) >= 11 is 3.18. The van der Waals surface area contributed by atoms with Crippen molar-refractivity contribution in [1.29, 1.82) is 0 Å². The molecule has 88 valence electrons. The molecule has 1 saturated carbocycles. The fourth-order valence-electron chi connectivity index (χ4n) is 2.25. The lowest BCUT2D eigenvalue weighted by atomic mass is 9.92. The van der Waals surface area contributed by atoms with Gasteiger partial charge in [0.05, 0.1) is 0 Å². The SMILES string of the molecule is CC1(C)CCC(NC(=O)c2ccc(Br)o2)C1. The van der Waals surface area contributed by atoms with Crippen LogP contribution in [-0.2, 0) is 0 Å². The second-order valence-corrected chi connectivity index (χ2v) is 5.96. The van der Waals surface area contributed by atoms with Crippen LogP contribution in [0.4, 0.5) is 0 Å². The molecule has 0 radical (unpaired) electrons. The van der Waals surface area contributed by atoms with Crippen LogP contribution in [0.1, 0.15) is 43.7 Å². The Labute approximate surface area is 104 Å². The van der Waals surface area contributed by atoms with E-state index < -0.39 is 0 Å². The highest BCUT2D eigenvalue weighted by Gasteiger charge is 2.32. The quantitative estimate of drug-likeness (QED) is 0.906. The van der Waals surface area contributed by atoms with Crippen molar-refractivity contribution in [2.75, 3.05) is 0 Å². The van der Waals surface area contributed by atoms with Crippen molar-refractivity contribution in [3.05, 3.63) is 22.6 Å². The molecule has 4 heteroatoms. The Morgan fingerprint density at radius 1 is 1.56 bits per heavy atom. The highest BCUT2D eigenvalue weighted by Crippen LogP contribution is 2.37. The first-order valence-electron chi connectivity index (χ1n) is 5.52. The highest BCUT2D eigenvalue weighted by molar-refractivity contribution is 9.10. The Morgan fingerprint density at radius 2 is 2.31 bits per heavy atom. The van der Waals surface area contributed by atoms with Gasteiger partial charge in [0.25, 0.3) is 5.91 Å². The van der Waals surface area contributed by atoms with Crippen LogP contribution in [0.2, 0.25) is 0 Å². The minimum atomic E-state index is -0.117. The van der Waals surface area contributed by atoms with Gasteiger partial charge in [0.1, 0.15) is 0 Å². The Kier molecular flexibility index (Phi) is 3.10. The van der Waals surface area contributed by atoms with Crippen molar-refractivity contribution in [1.82, 2.24) is 5.32 Å². The summed E-state index contributed by atoms with van der Waals surface area (Å²) in [7, 11) is 0. The number of hydrogen-bond acceptors (Lipinski definition) is 2. The summed E-state index contributed by atoms with van der Waals surface area (Å²) in [5, 5.41) is 3.01. The number of amides is 1. The molecule has 1 atom stereocenters. The molecule has 0 aromatic carbocycles. The summed E-state index contributed by atoms with van der Waals surface area (Å²) in [5.41, 5.74) is 0.349. The van der Waals surface area contributed by atoms with E-state index in [1.807, 2.05) is 0 Å². The zero-order valence-corrected chi connectivity index (χ0v) is 11.1. The van der Waals surface area contributed by atoms with E-state index >= 15 is 0 Å². The van der Waals surface area contributed by atoms with E-state index in [2.05, 4.69) is 35.1 Å². The van der Waals surface area contributed by atoms with Crippen molar-refractivity contribution in [3.8, 4) is 0 Å². The molecule has 1 fully saturated rings. The normalized spacial score (nSPS) is 23.3. The minimum Gasteiger partial charge on any atom is -0.444 e. The predicted octanol–water partition coefficient (Wildman–Crippen LogP) is 3.35. The fourth-order valence-corrected chi connectivity index (χ4v) is 2.56. The maximum atomic E-state index is 11.8. The summed E-state index contributed by atoms with van der Waals surface area (Å²) in [6.45, 7) is 4.48. The summed E-state index contributed by atoms with van der Waals surface area (Å²) < 4.78 is 5.80. The average molecular weight is 286 g/mol. The van der Waals surface area contributed by atoms with Gasteiger partial charge in [-0.15, -0.1) is 0 Å². The van der Waals surface area contributed by atoms with E-state index in [0.717, 1.165) is 12.8 Å². The number of hydrogen-bond donors (Lipinski definition) is 1. The summed E-state index contributed by atoms with van der Waals surface area (Å²) in [5.74, 6) is 0.255. The van der Waals surface area contributed by atoms with Crippen molar-refractivity contribution in [2.24, 2.45) is 5.41 Å². The van der Waals surface area contributed by atoms with E-state index in [-0.39, 0.29) is 11.9 Å². The lowest BCUT2D eigenvalue weighted by Gasteiger charge is -2.17. The Balaban J connectivity index is 1.94. The molecular formula is C12H16BrNO2. The van der Waals surface area contributed by atoms with Gasteiger partial charge in [0.2, 0.25) is 0 Å². The molecule has 1 amide bonds. The number of halogens is 1. The maximum absolute atomic E-state index is 11.8. The number of rotatable bonds is 2. The van der Waals surface area contributed by atoms with Gasteiger partial charge in [0.15, 0.2) is 10.4 Å². The molecule has 1 aliphatic rings. The van der Waals surface area contributed by atoms with Crippen LogP contribution in [0.15, 0.2) is 21.2 Å². The monoisotopic (exact) mass is 285 g/mol. The van der Waals surface area contributed by atoms with Gasteiger partial charge in [-0.2, -0.15) is 0 Å². The lowest BCUT2D eigenvalue weighted by molar-refractivity contribution is 0.0906. The molecule has 0 bridgehead atoms. The third-order valence-corrected chi connectivity index (χ3v) is 3.53. The number of carbonyl (C=O) groups excluding carboxylic acids is 1. The maximum Gasteiger partial charge on any atom is 0.287 e. The molecule has 1 N–H and O–H groups in total. The van der Waals surface area contributed by atoms with Crippen LogP contribution in [0.25, 0.3) is 0 Å². The minimum absolute atomic E-state index is 0.117. The second-order valence-electron chi connectivity index (χ2n) is 5.18. The third kappa shape index (κ3) is 2.67. The zero-order chi connectivity index (χ0) is 11.8. The Hall–Kier alpha value is -0.770. The average Bonchev–Trinajstić information content (AvgIpc) is 2.73. The van der Waals surface area contributed by atoms with E-state index in [1.54, 1.807) is 12.1 Å². The van der Waals surface area contributed by atoms with E-state index in [0.29, 0.717) is 15.8 Å². The molecule has 3 nitrogen and oxygen atoms in total. The molecule has 1 unspecified atom stereocenters. The van der Waals surface area contributed by atoms with Gasteiger partial charge in [-0.3, -0.25) is 4.79 Å². The molecular weight excluding hydrogens is 270 g/mol. The molecule has 0 spiro atoms. The second kappa shape index (κ2) is 4.24. The van der Waals surface area contributed by atoms with E-state index in [4.69, 9.17) is 4.42 Å². The molecule has 1 aromatic heterocycles. The van der Waals surface area contributed by atoms with Crippen LogP contribution >= 0.6 is 15.9 Å². The van der Waals surface area contributed by atoms with Crippen molar-refractivity contribution >= 4 is 21.8 Å². The molecule has 0 aliphatic heterocycles. The van der Waals surface area contributed by atoms with Gasteiger partial charge in [-0.05, 0) is 52.7 Å². The number of nitrogens with one attached hydrogen (secondary N) is 1. The smallest absolute Gasteiger partial charge is 0.287 e. The molecule has 2 rings (SSSR count). The van der Waals surface area contributed by atoms with Crippen LogP contribution in [0, 0.1) is 5.41 Å². The van der Waals surface area contributed by atoms with Crippen molar-refractivity contribution in [2.45, 2.75) is 39.2 Å². The van der Waals surface area contributed by atoms with Gasteiger partial charge < -0.3 is 9.73 Å². The molecule has 1 aromatic rings. The highest BCUT2D eigenvalue weighted by atomic mass is 79.9. The van der Waals surface area contributed by atoms with Crippen LogP contribution in [0.3, 0.4) is 0 Å². The topological polar surface area (TPSA) is 42.2 Å². The van der Waals surface area contributed by atoms with Crippen molar-refractivity contribution < 1.29 is 9.21 Å². The van der Waals surface area contributed by atoms with Gasteiger partial charge in [-0.1, -0.05) is 13.8 Å². The molecule has 16 heavy (non-hydrogen) atoms. The summed E-state index contributed by atoms with van der Waals surface area (Å²) in [4.78, 5) is 11.8. The van der Waals surface area contributed by atoms with E-state index in [1.165, 1.54) is 6.42 Å². The number of carbonyl (C=O) groups is 1. The first-order valence-corrected chi connectivity index (χ1v) is 6.32. The predicted molar refractivity (Wildman–Crippen MR) is 65.3 cm³/mol. The van der Waals surface area contributed by atoms with E-state index in [9.17, 15) is 4.79 Å². The van der Waals surface area contributed by atoms with Gasteiger partial charge in [-0.25, -0.2) is 0 Å². The van der Waals surface area contributed by atoms with Gasteiger partial charge >= 0.3 is 0 Å². The first kappa shape index (κ1) is 11.7. The van der Waals surface area contributed by atoms with Crippen LogP contribution in [0.5, 0.6) is 0 Å². The largest absolute Gasteiger partial charge is 0.444 e. The molecule has 1 aliphatic carbocycles. The summed E-state index contributed by atoms with van der Waals surface area (Å²) in [6.07, 6.45) is 3.26. The molecule has 0 saturated heterocycles. The first-order chi connectivity index (χ1) is 7.46. The van der Waals surface area contributed by atoms with Gasteiger partial charge in [0, 0.05) is 6.04 Å². The fraction of sp³-hybridized carbons (Fsp3) is 0.583. The zero-order valence-electron chi connectivity index (χ0n) is 9.55. The molecule has 1 heterocycles. The standard InChI is InChI=1S/C12H16BrNO2/c1-12(2)6-5-8(7-12)14-11(15)9-3-4-10(13)16-9/h3-4,8H,5-7H2,1-2H3,(H,14,15). The Bertz CT molecular complexity index is 397. The third-order valence-electron chi connectivity index (χ3n) is 3.10. The van der Waals surface area contributed by atoms with Crippen molar-refractivity contribution in [3.63, 3.8) is 0 Å². The number of furan rings is 1. The van der Waals surface area contributed by atoms with Crippen LogP contribution in [-0.4, -0.2) is 11.9 Å². The summed E-state index contributed by atoms with van der Waals surface area (Å²) in [6, 6.07) is 3.69. The lowest BCUT2D eigenvalue weighted by Crippen LogP contribution is -2.33. The Morgan fingerprint density at radius 3 is 2.81 bits per heavy atom. The van der Waals surface area contributed by atoms with Crippen LogP contribution < -0.4 is 5.32 Å².